The van der Waals surface area contributed by atoms with Crippen LogP contribution in [0, 0.1) is 6.92 Å². The average molecular weight is 515 g/mol. The fourth-order valence-electron chi connectivity index (χ4n) is 4.15. The van der Waals surface area contributed by atoms with Gasteiger partial charge in [-0.15, -0.1) is 10.2 Å². The minimum absolute atomic E-state index is 0.0264. The molecular weight excluding hydrogens is 480 g/mol. The number of amides is 1. The van der Waals surface area contributed by atoms with Gasteiger partial charge in [0.1, 0.15) is 11.0 Å². The molecule has 0 saturated heterocycles. The van der Waals surface area contributed by atoms with Crippen molar-refractivity contribution in [3.05, 3.63) is 77.4 Å². The maximum atomic E-state index is 12.7. The van der Waals surface area contributed by atoms with Crippen LogP contribution in [0.15, 0.2) is 60.7 Å². The molecule has 2 N–H and O–H groups in total. The summed E-state index contributed by atoms with van der Waals surface area (Å²) in [5.41, 5.74) is 7.04. The fraction of sp³-hybridized carbons (Fsp3) is 0.310. The van der Waals surface area contributed by atoms with E-state index in [-0.39, 0.29) is 16.4 Å². The highest BCUT2D eigenvalue weighted by molar-refractivity contribution is 7.80. The SMILES string of the molecule is CCN(CC)c1ccc(-n2nc3cc(C)c(NC(=S)NC(=O)c4ccc(C(C)(C)C)cc4)cc3n2)cc1. The van der Waals surface area contributed by atoms with Gasteiger partial charge in [-0.1, -0.05) is 32.9 Å². The van der Waals surface area contributed by atoms with Gasteiger partial charge >= 0.3 is 0 Å². The normalized spacial score (nSPS) is 11.4. The Morgan fingerprint density at radius 3 is 2.11 bits per heavy atom. The van der Waals surface area contributed by atoms with Gasteiger partial charge in [0, 0.05) is 30.0 Å². The summed E-state index contributed by atoms with van der Waals surface area (Å²) >= 11 is 5.43. The Hall–Kier alpha value is -3.78. The zero-order valence-corrected chi connectivity index (χ0v) is 23.1. The van der Waals surface area contributed by atoms with Crippen molar-refractivity contribution < 1.29 is 4.79 Å². The van der Waals surface area contributed by atoms with Gasteiger partial charge in [0.2, 0.25) is 0 Å². The molecule has 0 spiro atoms. The van der Waals surface area contributed by atoms with Gasteiger partial charge in [0.25, 0.3) is 5.91 Å². The van der Waals surface area contributed by atoms with Crippen LogP contribution in [0.4, 0.5) is 11.4 Å². The van der Waals surface area contributed by atoms with E-state index in [1.807, 2.05) is 55.5 Å². The molecule has 192 valence electrons. The molecule has 4 aromatic rings. The molecule has 0 unspecified atom stereocenters. The molecule has 0 bridgehead atoms. The van der Waals surface area contributed by atoms with Gasteiger partial charge in [-0.25, -0.2) is 0 Å². The Morgan fingerprint density at radius 1 is 0.946 bits per heavy atom. The Kier molecular flexibility index (Phi) is 7.59. The van der Waals surface area contributed by atoms with Crippen LogP contribution in [0.25, 0.3) is 16.7 Å². The van der Waals surface area contributed by atoms with E-state index < -0.39 is 0 Å². The number of benzene rings is 3. The van der Waals surface area contributed by atoms with Gasteiger partial charge < -0.3 is 10.2 Å². The second kappa shape index (κ2) is 10.7. The van der Waals surface area contributed by atoms with Crippen molar-refractivity contribution in [2.45, 2.75) is 47.0 Å². The lowest BCUT2D eigenvalue weighted by molar-refractivity contribution is 0.0977. The molecule has 7 nitrogen and oxygen atoms in total. The van der Waals surface area contributed by atoms with Crippen LogP contribution in [0.2, 0.25) is 0 Å². The van der Waals surface area contributed by atoms with E-state index in [9.17, 15) is 4.79 Å². The van der Waals surface area contributed by atoms with Crippen LogP contribution in [-0.4, -0.2) is 39.1 Å². The molecular formula is C29H34N6OS. The first-order valence-corrected chi connectivity index (χ1v) is 13.0. The first-order chi connectivity index (χ1) is 17.6. The van der Waals surface area contributed by atoms with Crippen molar-refractivity contribution in [2.75, 3.05) is 23.3 Å². The molecule has 37 heavy (non-hydrogen) atoms. The van der Waals surface area contributed by atoms with Crippen molar-refractivity contribution in [2.24, 2.45) is 0 Å². The first-order valence-electron chi connectivity index (χ1n) is 12.5. The smallest absolute Gasteiger partial charge is 0.257 e. The molecule has 0 aliphatic carbocycles. The Morgan fingerprint density at radius 2 is 1.54 bits per heavy atom. The largest absolute Gasteiger partial charge is 0.372 e. The van der Waals surface area contributed by atoms with E-state index in [1.54, 1.807) is 4.80 Å². The molecule has 1 aromatic heterocycles. The zero-order valence-electron chi connectivity index (χ0n) is 22.3. The second-order valence-corrected chi connectivity index (χ2v) is 10.5. The number of rotatable bonds is 6. The number of anilines is 2. The Bertz CT molecular complexity index is 1410. The fourth-order valence-corrected chi connectivity index (χ4v) is 4.36. The lowest BCUT2D eigenvalue weighted by atomic mass is 9.87. The van der Waals surface area contributed by atoms with Gasteiger partial charge in [0.15, 0.2) is 5.11 Å². The highest BCUT2D eigenvalue weighted by Gasteiger charge is 2.15. The number of fused-ring (bicyclic) bond motifs is 1. The summed E-state index contributed by atoms with van der Waals surface area (Å²) in [6.07, 6.45) is 0. The number of aromatic nitrogens is 3. The van der Waals surface area contributed by atoms with Crippen molar-refractivity contribution >= 4 is 45.6 Å². The van der Waals surface area contributed by atoms with Crippen molar-refractivity contribution in [3.63, 3.8) is 0 Å². The second-order valence-electron chi connectivity index (χ2n) is 10.1. The molecule has 0 saturated carbocycles. The third-order valence-corrected chi connectivity index (χ3v) is 6.63. The van der Waals surface area contributed by atoms with E-state index in [4.69, 9.17) is 12.2 Å². The van der Waals surface area contributed by atoms with Gasteiger partial charge in [-0.05, 0) is 98.1 Å². The summed E-state index contributed by atoms with van der Waals surface area (Å²) in [4.78, 5) is 16.6. The van der Waals surface area contributed by atoms with E-state index >= 15 is 0 Å². The topological polar surface area (TPSA) is 75.1 Å². The minimum atomic E-state index is -0.254. The van der Waals surface area contributed by atoms with Crippen LogP contribution >= 0.6 is 12.2 Å². The molecule has 3 aromatic carbocycles. The third kappa shape index (κ3) is 5.97. The van der Waals surface area contributed by atoms with Crippen LogP contribution in [0.3, 0.4) is 0 Å². The predicted octanol–water partition coefficient (Wildman–Crippen LogP) is 6.00. The van der Waals surface area contributed by atoms with Crippen LogP contribution < -0.4 is 15.5 Å². The van der Waals surface area contributed by atoms with E-state index in [2.05, 4.69) is 72.5 Å². The van der Waals surface area contributed by atoms with Crippen molar-refractivity contribution in [3.8, 4) is 5.69 Å². The molecule has 0 fully saturated rings. The molecule has 1 heterocycles. The monoisotopic (exact) mass is 514 g/mol. The first kappa shape index (κ1) is 26.3. The van der Waals surface area contributed by atoms with Crippen LogP contribution in [0.1, 0.15) is 56.1 Å². The highest BCUT2D eigenvalue weighted by atomic mass is 32.1. The number of hydrogen-bond donors (Lipinski definition) is 2. The number of aryl methyl sites for hydroxylation is 1. The van der Waals surface area contributed by atoms with Gasteiger partial charge in [-0.2, -0.15) is 4.80 Å². The summed E-state index contributed by atoms with van der Waals surface area (Å²) in [6.45, 7) is 14.6. The number of carbonyl (C=O) groups is 1. The average Bonchev–Trinajstić information content (AvgIpc) is 3.27. The number of hydrogen-bond acceptors (Lipinski definition) is 5. The molecule has 0 atom stereocenters. The quantitative estimate of drug-likeness (QED) is 0.308. The molecule has 0 aliphatic heterocycles. The number of carbonyl (C=O) groups excluding carboxylic acids is 1. The lowest BCUT2D eigenvalue weighted by Crippen LogP contribution is -2.34. The number of nitrogens with zero attached hydrogens (tertiary/aromatic N) is 4. The third-order valence-electron chi connectivity index (χ3n) is 6.42. The zero-order chi connectivity index (χ0) is 26.7. The van der Waals surface area contributed by atoms with Crippen LogP contribution in [0.5, 0.6) is 0 Å². The summed E-state index contributed by atoms with van der Waals surface area (Å²) in [5, 5.41) is 15.5. The lowest BCUT2D eigenvalue weighted by Gasteiger charge is -2.20. The summed E-state index contributed by atoms with van der Waals surface area (Å²) in [6, 6.07) is 19.7. The molecule has 1 amide bonds. The van der Waals surface area contributed by atoms with E-state index in [0.29, 0.717) is 5.56 Å². The summed E-state index contributed by atoms with van der Waals surface area (Å²) in [7, 11) is 0. The van der Waals surface area contributed by atoms with Gasteiger partial charge in [-0.3, -0.25) is 10.1 Å². The molecule has 8 heteroatoms. The molecule has 0 radical (unpaired) electrons. The maximum absolute atomic E-state index is 12.7. The standard InChI is InChI=1S/C29H34N6OS/c1-7-34(8-2)22-13-15-23(16-14-22)35-32-25-17-19(3)24(18-26(25)33-35)30-28(37)31-27(36)20-9-11-21(12-10-20)29(4,5)6/h9-18H,7-8H2,1-6H3,(H2,30,31,36,37). The van der Waals surface area contributed by atoms with Crippen LogP contribution in [-0.2, 0) is 5.41 Å². The molecule has 4 rings (SSSR count). The van der Waals surface area contributed by atoms with Crippen molar-refractivity contribution in [1.29, 1.82) is 0 Å². The molecule has 0 aliphatic rings. The number of nitrogens with one attached hydrogen (secondary N) is 2. The summed E-state index contributed by atoms with van der Waals surface area (Å²) in [5.74, 6) is -0.254. The summed E-state index contributed by atoms with van der Waals surface area (Å²) < 4.78 is 0. The van der Waals surface area contributed by atoms with Crippen molar-refractivity contribution in [1.82, 2.24) is 20.3 Å². The number of thiocarbonyl (C=S) groups is 1. The minimum Gasteiger partial charge on any atom is -0.372 e. The Labute approximate surface area is 223 Å². The van der Waals surface area contributed by atoms with E-state index in [1.165, 1.54) is 11.3 Å². The highest BCUT2D eigenvalue weighted by Crippen LogP contribution is 2.24. The van der Waals surface area contributed by atoms with E-state index in [0.717, 1.165) is 41.1 Å². The maximum Gasteiger partial charge on any atom is 0.257 e. The Balaban J connectivity index is 1.47. The predicted molar refractivity (Wildman–Crippen MR) is 156 cm³/mol. The van der Waals surface area contributed by atoms with Gasteiger partial charge in [0.05, 0.1) is 5.69 Å².